The first-order valence-corrected chi connectivity index (χ1v) is 7.27. The van der Waals surface area contributed by atoms with Crippen molar-refractivity contribution < 1.29 is 8.78 Å². The molecule has 0 atom stereocenters. The summed E-state index contributed by atoms with van der Waals surface area (Å²) in [4.78, 5) is 4.29. The maximum Gasteiger partial charge on any atom is 0.150 e. The molecule has 0 spiro atoms. The van der Waals surface area contributed by atoms with E-state index >= 15 is 0 Å². The zero-order chi connectivity index (χ0) is 15.1. The van der Waals surface area contributed by atoms with Gasteiger partial charge in [-0.15, -0.1) is 0 Å². The van der Waals surface area contributed by atoms with Crippen molar-refractivity contribution in [1.29, 1.82) is 0 Å². The largest absolute Gasteiger partial charge is 0.370 e. The van der Waals surface area contributed by atoms with E-state index in [0.717, 1.165) is 11.6 Å². The van der Waals surface area contributed by atoms with Crippen molar-refractivity contribution in [3.8, 4) is 0 Å². The van der Waals surface area contributed by atoms with E-state index in [1.165, 1.54) is 0 Å². The molecule has 0 aliphatic heterocycles. The Hall–Kier alpha value is -1.23. The smallest absolute Gasteiger partial charge is 0.150 e. The second-order valence-electron chi connectivity index (χ2n) is 5.72. The van der Waals surface area contributed by atoms with Crippen molar-refractivity contribution in [1.82, 2.24) is 4.98 Å². The molecule has 0 unspecified atom stereocenters. The SMILES string of the molecule is CCNc1nc2c(F)cc(Br)c(F)c2cc1C(C)(C)C. The van der Waals surface area contributed by atoms with Gasteiger partial charge < -0.3 is 5.32 Å². The first-order valence-electron chi connectivity index (χ1n) is 6.48. The molecule has 0 bridgehead atoms. The average Bonchev–Trinajstić information content (AvgIpc) is 2.35. The van der Waals surface area contributed by atoms with Gasteiger partial charge in [0.05, 0.1) is 4.47 Å². The molecule has 2 nitrogen and oxygen atoms in total. The van der Waals surface area contributed by atoms with Crippen LogP contribution in [0.1, 0.15) is 33.3 Å². The minimum Gasteiger partial charge on any atom is -0.370 e. The molecule has 0 saturated carbocycles. The van der Waals surface area contributed by atoms with Crippen LogP contribution in [0.3, 0.4) is 0 Å². The zero-order valence-corrected chi connectivity index (χ0v) is 13.5. The number of pyridine rings is 1. The fourth-order valence-corrected chi connectivity index (χ4v) is 2.52. The van der Waals surface area contributed by atoms with E-state index in [-0.39, 0.29) is 20.8 Å². The maximum atomic E-state index is 14.2. The number of rotatable bonds is 2. The van der Waals surface area contributed by atoms with E-state index in [1.807, 2.05) is 27.7 Å². The number of halogens is 3. The molecule has 1 heterocycles. The normalized spacial score (nSPS) is 11.9. The highest BCUT2D eigenvalue weighted by molar-refractivity contribution is 9.10. The number of anilines is 1. The monoisotopic (exact) mass is 342 g/mol. The lowest BCUT2D eigenvalue weighted by Crippen LogP contribution is -2.16. The Kier molecular flexibility index (Phi) is 4.00. The Bertz CT molecular complexity index is 663. The molecule has 5 heteroatoms. The minimum atomic E-state index is -0.534. The summed E-state index contributed by atoms with van der Waals surface area (Å²) < 4.78 is 28.3. The number of nitrogens with zero attached hydrogens (tertiary/aromatic N) is 1. The molecule has 108 valence electrons. The molecule has 0 aliphatic rings. The number of benzene rings is 1. The topological polar surface area (TPSA) is 24.9 Å². The minimum absolute atomic E-state index is 0.0506. The Morgan fingerprint density at radius 1 is 1.25 bits per heavy atom. The second kappa shape index (κ2) is 5.28. The Labute approximate surface area is 125 Å². The van der Waals surface area contributed by atoms with Crippen molar-refractivity contribution in [3.63, 3.8) is 0 Å². The first kappa shape index (κ1) is 15.2. The van der Waals surface area contributed by atoms with Gasteiger partial charge in [0.2, 0.25) is 0 Å². The molecule has 0 radical (unpaired) electrons. The van der Waals surface area contributed by atoms with Crippen molar-refractivity contribution >= 4 is 32.7 Å². The highest BCUT2D eigenvalue weighted by Crippen LogP contribution is 2.34. The van der Waals surface area contributed by atoms with Crippen LogP contribution in [0.25, 0.3) is 10.9 Å². The van der Waals surface area contributed by atoms with Gasteiger partial charge in [-0.05, 0) is 40.4 Å². The molecule has 1 aromatic heterocycles. The third kappa shape index (κ3) is 2.64. The van der Waals surface area contributed by atoms with E-state index in [2.05, 4.69) is 26.2 Å². The van der Waals surface area contributed by atoms with Crippen LogP contribution in [0.15, 0.2) is 16.6 Å². The quantitative estimate of drug-likeness (QED) is 0.776. The van der Waals surface area contributed by atoms with Gasteiger partial charge in [0, 0.05) is 17.5 Å². The van der Waals surface area contributed by atoms with E-state index in [4.69, 9.17) is 0 Å². The van der Waals surface area contributed by atoms with E-state index in [1.54, 1.807) is 6.07 Å². The molecule has 0 fully saturated rings. The molecule has 0 saturated heterocycles. The summed E-state index contributed by atoms with van der Waals surface area (Å²) in [5, 5.41) is 3.32. The van der Waals surface area contributed by atoms with Crippen LogP contribution in [-0.2, 0) is 5.41 Å². The molecular formula is C15H17BrF2N2. The van der Waals surface area contributed by atoms with Gasteiger partial charge in [-0.1, -0.05) is 20.8 Å². The third-order valence-corrected chi connectivity index (χ3v) is 3.68. The second-order valence-corrected chi connectivity index (χ2v) is 6.57. The lowest BCUT2D eigenvalue weighted by atomic mass is 9.86. The summed E-state index contributed by atoms with van der Waals surface area (Å²) in [6.07, 6.45) is 0. The predicted octanol–water partition coefficient (Wildman–Crippen LogP) is 5.00. The van der Waals surface area contributed by atoms with Crippen LogP contribution in [0.4, 0.5) is 14.6 Å². The van der Waals surface area contributed by atoms with E-state index in [0.29, 0.717) is 12.4 Å². The van der Waals surface area contributed by atoms with Crippen molar-refractivity contribution in [2.45, 2.75) is 33.1 Å². The number of hydrogen-bond donors (Lipinski definition) is 1. The van der Waals surface area contributed by atoms with Gasteiger partial charge in [-0.3, -0.25) is 0 Å². The van der Waals surface area contributed by atoms with Gasteiger partial charge in [-0.25, -0.2) is 13.8 Å². The summed E-state index contributed by atoms with van der Waals surface area (Å²) in [5.41, 5.74) is 0.696. The van der Waals surface area contributed by atoms with E-state index < -0.39 is 11.6 Å². The number of hydrogen-bond acceptors (Lipinski definition) is 2. The zero-order valence-electron chi connectivity index (χ0n) is 11.9. The van der Waals surface area contributed by atoms with Crippen molar-refractivity contribution in [2.75, 3.05) is 11.9 Å². The highest BCUT2D eigenvalue weighted by Gasteiger charge is 2.22. The average molecular weight is 343 g/mol. The molecule has 1 N–H and O–H groups in total. The van der Waals surface area contributed by atoms with Crippen LogP contribution in [0.5, 0.6) is 0 Å². The van der Waals surface area contributed by atoms with Crippen LogP contribution in [-0.4, -0.2) is 11.5 Å². The standard InChI is InChI=1S/C15H17BrF2N2/c1-5-19-14-9(15(2,3)4)6-8-12(18)10(16)7-11(17)13(8)20-14/h6-7H,5H2,1-4H3,(H,19,20). The van der Waals surface area contributed by atoms with Gasteiger partial charge in [-0.2, -0.15) is 0 Å². The van der Waals surface area contributed by atoms with Crippen LogP contribution in [0.2, 0.25) is 0 Å². The molecule has 2 rings (SSSR count). The summed E-state index contributed by atoms with van der Waals surface area (Å²) in [5.74, 6) is -0.413. The van der Waals surface area contributed by atoms with Crippen LogP contribution in [0, 0.1) is 11.6 Å². The fourth-order valence-electron chi connectivity index (χ4n) is 2.11. The number of fused-ring (bicyclic) bond motifs is 1. The molecule has 1 aromatic carbocycles. The summed E-state index contributed by atoms with van der Waals surface area (Å²) in [6, 6.07) is 2.79. The molecule has 20 heavy (non-hydrogen) atoms. The summed E-state index contributed by atoms with van der Waals surface area (Å²) >= 11 is 3.03. The number of aromatic nitrogens is 1. The predicted molar refractivity (Wildman–Crippen MR) is 82.2 cm³/mol. The van der Waals surface area contributed by atoms with Gasteiger partial charge >= 0.3 is 0 Å². The van der Waals surface area contributed by atoms with Crippen molar-refractivity contribution in [2.24, 2.45) is 0 Å². The molecule has 0 aliphatic carbocycles. The van der Waals surface area contributed by atoms with Gasteiger partial charge in [0.25, 0.3) is 0 Å². The summed E-state index contributed by atoms with van der Waals surface area (Å²) in [6.45, 7) is 8.66. The van der Waals surface area contributed by atoms with Gasteiger partial charge in [0.15, 0.2) is 5.82 Å². The third-order valence-electron chi connectivity index (χ3n) is 3.10. The van der Waals surface area contributed by atoms with Crippen molar-refractivity contribution in [3.05, 3.63) is 33.8 Å². The van der Waals surface area contributed by atoms with Crippen LogP contribution >= 0.6 is 15.9 Å². The van der Waals surface area contributed by atoms with E-state index in [9.17, 15) is 8.78 Å². The Balaban J connectivity index is 2.85. The highest BCUT2D eigenvalue weighted by atomic mass is 79.9. The lowest BCUT2D eigenvalue weighted by molar-refractivity contribution is 0.586. The lowest BCUT2D eigenvalue weighted by Gasteiger charge is -2.23. The summed E-state index contributed by atoms with van der Waals surface area (Å²) in [7, 11) is 0. The maximum absolute atomic E-state index is 14.2. The van der Waals surface area contributed by atoms with Crippen LogP contribution < -0.4 is 5.32 Å². The number of nitrogens with one attached hydrogen (secondary N) is 1. The molecule has 0 amide bonds. The first-order chi connectivity index (χ1) is 9.25. The fraction of sp³-hybridized carbons (Fsp3) is 0.400. The Morgan fingerprint density at radius 2 is 1.90 bits per heavy atom. The molecular weight excluding hydrogens is 326 g/mol. The van der Waals surface area contributed by atoms with Gasteiger partial charge in [0.1, 0.15) is 17.2 Å². The molecule has 2 aromatic rings. The Morgan fingerprint density at radius 3 is 2.45 bits per heavy atom.